The molecule has 0 amide bonds. The summed E-state index contributed by atoms with van der Waals surface area (Å²) in [6.45, 7) is 4.30. The number of piperidine rings is 1. The number of nitrogens with one attached hydrogen (secondary N) is 1. The molecule has 0 bridgehead atoms. The van der Waals surface area contributed by atoms with E-state index in [4.69, 9.17) is 0 Å². The molecule has 2 heterocycles. The quantitative estimate of drug-likeness (QED) is 0.842. The molecule has 3 nitrogen and oxygen atoms in total. The zero-order chi connectivity index (χ0) is 11.4. The van der Waals surface area contributed by atoms with Gasteiger partial charge in [-0.3, -0.25) is 4.98 Å². The highest BCUT2D eigenvalue weighted by Gasteiger charge is 2.14. The molecular weight excluding hydrogens is 198 g/mol. The molecule has 2 rings (SSSR count). The van der Waals surface area contributed by atoms with Crippen molar-refractivity contribution >= 4 is 5.69 Å². The van der Waals surface area contributed by atoms with Gasteiger partial charge in [0, 0.05) is 37.2 Å². The smallest absolute Gasteiger partial charge is 0.0397 e. The minimum absolute atomic E-state index is 0.646. The molecule has 0 aromatic carbocycles. The van der Waals surface area contributed by atoms with Gasteiger partial charge in [-0.05, 0) is 38.4 Å². The summed E-state index contributed by atoms with van der Waals surface area (Å²) in [5, 5.41) is 3.58. The minimum atomic E-state index is 0.646. The van der Waals surface area contributed by atoms with Gasteiger partial charge in [-0.25, -0.2) is 0 Å². The maximum Gasteiger partial charge on any atom is 0.0397 e. The molecule has 0 saturated carbocycles. The first-order valence-corrected chi connectivity index (χ1v) is 6.13. The van der Waals surface area contributed by atoms with Gasteiger partial charge in [-0.1, -0.05) is 6.42 Å². The van der Waals surface area contributed by atoms with Crippen LogP contribution < -0.4 is 10.2 Å². The lowest BCUT2D eigenvalue weighted by Crippen LogP contribution is -2.42. The molecule has 0 spiro atoms. The highest BCUT2D eigenvalue weighted by molar-refractivity contribution is 5.45. The fourth-order valence-corrected chi connectivity index (χ4v) is 2.28. The predicted molar refractivity (Wildman–Crippen MR) is 67.9 cm³/mol. The van der Waals surface area contributed by atoms with Crippen LogP contribution in [0.15, 0.2) is 18.3 Å². The van der Waals surface area contributed by atoms with E-state index in [2.05, 4.69) is 34.4 Å². The number of rotatable bonds is 3. The number of nitrogens with zero attached hydrogens (tertiary/aromatic N) is 2. The maximum atomic E-state index is 4.23. The average molecular weight is 219 g/mol. The Morgan fingerprint density at radius 2 is 2.38 bits per heavy atom. The van der Waals surface area contributed by atoms with Gasteiger partial charge in [-0.2, -0.15) is 0 Å². The van der Waals surface area contributed by atoms with Gasteiger partial charge < -0.3 is 10.2 Å². The van der Waals surface area contributed by atoms with E-state index in [1.54, 1.807) is 0 Å². The van der Waals surface area contributed by atoms with E-state index in [0.29, 0.717) is 6.04 Å². The summed E-state index contributed by atoms with van der Waals surface area (Å²) in [6.07, 6.45) is 5.87. The minimum Gasteiger partial charge on any atom is -0.373 e. The lowest BCUT2D eigenvalue weighted by Gasteiger charge is -2.29. The van der Waals surface area contributed by atoms with Crippen LogP contribution in [0, 0.1) is 6.92 Å². The van der Waals surface area contributed by atoms with Gasteiger partial charge in [0.05, 0.1) is 0 Å². The van der Waals surface area contributed by atoms with E-state index in [9.17, 15) is 0 Å². The van der Waals surface area contributed by atoms with Crippen LogP contribution in [0.1, 0.15) is 25.0 Å². The van der Waals surface area contributed by atoms with Crippen molar-refractivity contribution < 1.29 is 0 Å². The normalized spacial score (nSPS) is 20.8. The molecule has 1 aromatic rings. The Morgan fingerprint density at radius 1 is 1.50 bits per heavy atom. The topological polar surface area (TPSA) is 28.2 Å². The summed E-state index contributed by atoms with van der Waals surface area (Å²) >= 11 is 0. The number of likely N-dealkylation sites (N-methyl/N-ethyl adjacent to an activating group) is 1. The Kier molecular flexibility index (Phi) is 3.78. The predicted octanol–water partition coefficient (Wildman–Crippen LogP) is 1.97. The van der Waals surface area contributed by atoms with Gasteiger partial charge >= 0.3 is 0 Å². The molecule has 16 heavy (non-hydrogen) atoms. The van der Waals surface area contributed by atoms with Crippen molar-refractivity contribution in [2.75, 3.05) is 25.0 Å². The third-order valence-electron chi connectivity index (χ3n) is 3.23. The summed E-state index contributed by atoms with van der Waals surface area (Å²) in [6, 6.07) is 4.87. The molecule has 1 aromatic heterocycles. The highest BCUT2D eigenvalue weighted by atomic mass is 15.1. The Bertz CT molecular complexity index is 332. The largest absolute Gasteiger partial charge is 0.373 e. The van der Waals surface area contributed by atoms with Crippen molar-refractivity contribution in [3.05, 3.63) is 24.0 Å². The Labute approximate surface area is 97.9 Å². The Morgan fingerprint density at radius 3 is 3.06 bits per heavy atom. The van der Waals surface area contributed by atoms with Crippen molar-refractivity contribution in [2.45, 2.75) is 32.2 Å². The summed E-state index contributed by atoms with van der Waals surface area (Å²) in [5.74, 6) is 0. The van der Waals surface area contributed by atoms with E-state index in [-0.39, 0.29) is 0 Å². The van der Waals surface area contributed by atoms with Gasteiger partial charge in [0.2, 0.25) is 0 Å². The van der Waals surface area contributed by atoms with Gasteiger partial charge in [0.25, 0.3) is 0 Å². The van der Waals surface area contributed by atoms with E-state index in [0.717, 1.165) is 12.2 Å². The molecule has 1 unspecified atom stereocenters. The number of aromatic nitrogens is 1. The SMILES string of the molecule is Cc1cc(N(C)CC2CCCCN2)ccn1. The van der Waals surface area contributed by atoms with Crippen LogP contribution >= 0.6 is 0 Å². The standard InChI is InChI=1S/C13H21N3/c1-11-9-13(6-8-14-11)16(2)10-12-5-3-4-7-15-12/h6,8-9,12,15H,3-5,7,10H2,1-2H3. The van der Waals surface area contributed by atoms with Crippen molar-refractivity contribution in [1.82, 2.24) is 10.3 Å². The zero-order valence-electron chi connectivity index (χ0n) is 10.2. The first kappa shape index (κ1) is 11.4. The average Bonchev–Trinajstić information content (AvgIpc) is 2.30. The number of anilines is 1. The molecule has 1 aliphatic heterocycles. The molecular formula is C13H21N3. The van der Waals surface area contributed by atoms with Crippen LogP contribution in [0.4, 0.5) is 5.69 Å². The van der Waals surface area contributed by atoms with Crippen LogP contribution in [0.2, 0.25) is 0 Å². The summed E-state index contributed by atoms with van der Waals surface area (Å²) < 4.78 is 0. The van der Waals surface area contributed by atoms with Crippen molar-refractivity contribution in [1.29, 1.82) is 0 Å². The van der Waals surface area contributed by atoms with Gasteiger partial charge in [-0.15, -0.1) is 0 Å². The van der Waals surface area contributed by atoms with Gasteiger partial charge in [0.15, 0.2) is 0 Å². The molecule has 3 heteroatoms. The van der Waals surface area contributed by atoms with E-state index in [1.807, 2.05) is 13.1 Å². The Hall–Kier alpha value is -1.09. The number of hydrogen-bond donors (Lipinski definition) is 1. The van der Waals surface area contributed by atoms with Crippen molar-refractivity contribution in [2.24, 2.45) is 0 Å². The summed E-state index contributed by atoms with van der Waals surface area (Å²) in [7, 11) is 2.16. The highest BCUT2D eigenvalue weighted by Crippen LogP contribution is 2.15. The van der Waals surface area contributed by atoms with E-state index >= 15 is 0 Å². The van der Waals surface area contributed by atoms with Crippen LogP contribution in [0.25, 0.3) is 0 Å². The number of pyridine rings is 1. The second kappa shape index (κ2) is 5.30. The third-order valence-corrected chi connectivity index (χ3v) is 3.23. The Balaban J connectivity index is 1.94. The van der Waals surface area contributed by atoms with Gasteiger partial charge in [0.1, 0.15) is 0 Å². The van der Waals surface area contributed by atoms with Crippen LogP contribution in [0.3, 0.4) is 0 Å². The first-order valence-electron chi connectivity index (χ1n) is 6.13. The lowest BCUT2D eigenvalue weighted by molar-refractivity contribution is 0.403. The molecule has 1 N–H and O–H groups in total. The molecule has 0 aliphatic carbocycles. The maximum absolute atomic E-state index is 4.23. The fraction of sp³-hybridized carbons (Fsp3) is 0.615. The van der Waals surface area contributed by atoms with Crippen LogP contribution in [0.5, 0.6) is 0 Å². The van der Waals surface area contributed by atoms with Crippen LogP contribution in [-0.2, 0) is 0 Å². The van der Waals surface area contributed by atoms with E-state index < -0.39 is 0 Å². The molecule has 1 atom stereocenters. The second-order valence-electron chi connectivity index (χ2n) is 4.68. The third kappa shape index (κ3) is 2.95. The molecule has 1 saturated heterocycles. The molecule has 88 valence electrons. The van der Waals surface area contributed by atoms with Crippen molar-refractivity contribution in [3.8, 4) is 0 Å². The van der Waals surface area contributed by atoms with E-state index in [1.165, 1.54) is 31.5 Å². The summed E-state index contributed by atoms with van der Waals surface area (Å²) in [5.41, 5.74) is 2.35. The number of hydrogen-bond acceptors (Lipinski definition) is 3. The van der Waals surface area contributed by atoms with Crippen molar-refractivity contribution in [3.63, 3.8) is 0 Å². The monoisotopic (exact) mass is 219 g/mol. The molecule has 0 radical (unpaired) electrons. The van der Waals surface area contributed by atoms with Crippen LogP contribution in [-0.4, -0.2) is 31.2 Å². The lowest BCUT2D eigenvalue weighted by atomic mass is 10.0. The first-order chi connectivity index (χ1) is 7.75. The summed E-state index contributed by atoms with van der Waals surface area (Å²) in [4.78, 5) is 6.54. The zero-order valence-corrected chi connectivity index (χ0v) is 10.2. The fourth-order valence-electron chi connectivity index (χ4n) is 2.28. The second-order valence-corrected chi connectivity index (χ2v) is 4.68. The molecule has 1 aliphatic rings. The number of aryl methyl sites for hydroxylation is 1. The molecule has 1 fully saturated rings.